The number of pyridine rings is 1. The van der Waals surface area contributed by atoms with Crippen LogP contribution in [0.4, 0.5) is 13.2 Å². The molecule has 0 saturated heterocycles. The van der Waals surface area contributed by atoms with Gasteiger partial charge in [-0.2, -0.15) is 13.2 Å². The van der Waals surface area contributed by atoms with Crippen molar-refractivity contribution < 1.29 is 32.5 Å². The van der Waals surface area contributed by atoms with E-state index in [4.69, 9.17) is 21.1 Å². The first-order valence-electron chi connectivity index (χ1n) is 8.59. The molecule has 0 bridgehead atoms. The Morgan fingerprint density at radius 3 is 2.45 bits per heavy atom. The summed E-state index contributed by atoms with van der Waals surface area (Å²) in [5.41, 5.74) is -0.400. The molecule has 0 aliphatic carbocycles. The fourth-order valence-electron chi connectivity index (χ4n) is 2.80. The summed E-state index contributed by atoms with van der Waals surface area (Å²) >= 11 is 5.98. The molecule has 1 aromatic carbocycles. The maximum atomic E-state index is 12.6. The first-order chi connectivity index (χ1) is 13.6. The lowest BCUT2D eigenvalue weighted by Gasteiger charge is -2.19. The molecule has 0 radical (unpaired) electrons. The number of carboxylic acids is 1. The van der Waals surface area contributed by atoms with Crippen molar-refractivity contribution in [1.29, 1.82) is 0 Å². The van der Waals surface area contributed by atoms with Crippen LogP contribution in [0.2, 0.25) is 5.02 Å². The molecule has 1 heterocycles. The second-order valence-corrected chi connectivity index (χ2v) is 6.62. The number of halogens is 4. The summed E-state index contributed by atoms with van der Waals surface area (Å²) < 4.78 is 48.9. The van der Waals surface area contributed by atoms with E-state index in [1.165, 1.54) is 31.5 Å². The van der Waals surface area contributed by atoms with Crippen LogP contribution in [0.3, 0.4) is 0 Å². The summed E-state index contributed by atoms with van der Waals surface area (Å²) in [6.07, 6.45) is -2.59. The molecule has 29 heavy (non-hydrogen) atoms. The van der Waals surface area contributed by atoms with Gasteiger partial charge in [0.1, 0.15) is 17.5 Å². The van der Waals surface area contributed by atoms with Crippen LogP contribution >= 0.6 is 11.6 Å². The normalized spacial score (nSPS) is 12.5. The van der Waals surface area contributed by atoms with E-state index >= 15 is 0 Å². The number of hydrogen-bond donors (Lipinski definition) is 1. The summed E-state index contributed by atoms with van der Waals surface area (Å²) in [5, 5.41) is 9.62. The van der Waals surface area contributed by atoms with Crippen molar-refractivity contribution in [3.05, 3.63) is 45.8 Å². The lowest BCUT2D eigenvalue weighted by Crippen LogP contribution is -2.29. The fraction of sp³-hybridized carbons (Fsp3) is 0.368. The highest BCUT2D eigenvalue weighted by atomic mass is 35.5. The molecular weight excluding hydrogens is 415 g/mol. The van der Waals surface area contributed by atoms with E-state index in [2.05, 4.69) is 0 Å². The number of benzene rings is 1. The van der Waals surface area contributed by atoms with Crippen LogP contribution in [-0.4, -0.2) is 35.5 Å². The molecule has 1 unspecified atom stereocenters. The van der Waals surface area contributed by atoms with Gasteiger partial charge < -0.3 is 14.6 Å². The maximum absolute atomic E-state index is 12.6. The predicted molar refractivity (Wildman–Crippen MR) is 101 cm³/mol. The third-order valence-corrected chi connectivity index (χ3v) is 4.31. The zero-order chi connectivity index (χ0) is 21.8. The number of aromatic nitrogens is 1. The minimum Gasteiger partial charge on any atom is -0.495 e. The van der Waals surface area contributed by atoms with Gasteiger partial charge in [0.2, 0.25) is 0 Å². The molecule has 1 atom stereocenters. The molecular formula is C19H19ClF3NO5. The van der Waals surface area contributed by atoms with Gasteiger partial charge in [0, 0.05) is 22.2 Å². The fourth-order valence-corrected chi connectivity index (χ4v) is 2.97. The largest absolute Gasteiger partial charge is 0.495 e. The third-order valence-electron chi connectivity index (χ3n) is 4.07. The average molecular weight is 434 g/mol. The SMILES string of the molecule is CCCC(C(=O)O)n1cc(OC)c(-c2cc(Cl)ccc2OCC(F)(F)F)cc1=O. The number of rotatable bonds is 8. The number of aliphatic carboxylic acids is 1. The second-order valence-electron chi connectivity index (χ2n) is 6.19. The minimum absolute atomic E-state index is 0.0890. The smallest absolute Gasteiger partial charge is 0.422 e. The van der Waals surface area contributed by atoms with Gasteiger partial charge >= 0.3 is 12.1 Å². The van der Waals surface area contributed by atoms with Crippen LogP contribution in [0.1, 0.15) is 25.8 Å². The number of methoxy groups -OCH3 is 1. The van der Waals surface area contributed by atoms with Gasteiger partial charge in [-0.1, -0.05) is 24.9 Å². The molecule has 0 saturated carbocycles. The van der Waals surface area contributed by atoms with Crippen LogP contribution in [0.25, 0.3) is 11.1 Å². The Balaban J connectivity index is 2.61. The highest BCUT2D eigenvalue weighted by Crippen LogP contribution is 2.38. The van der Waals surface area contributed by atoms with Gasteiger partial charge in [-0.3, -0.25) is 9.36 Å². The molecule has 2 rings (SSSR count). The van der Waals surface area contributed by atoms with Crippen LogP contribution in [-0.2, 0) is 4.79 Å². The first kappa shape index (κ1) is 22.6. The molecule has 158 valence electrons. The Kier molecular flexibility index (Phi) is 7.18. The molecule has 1 aromatic heterocycles. The monoisotopic (exact) mass is 433 g/mol. The van der Waals surface area contributed by atoms with Crippen molar-refractivity contribution in [2.45, 2.75) is 32.0 Å². The summed E-state index contributed by atoms with van der Waals surface area (Å²) in [5.74, 6) is -1.24. The van der Waals surface area contributed by atoms with E-state index in [9.17, 15) is 27.9 Å². The lowest BCUT2D eigenvalue weighted by molar-refractivity contribution is -0.153. The van der Waals surface area contributed by atoms with Crippen molar-refractivity contribution in [2.75, 3.05) is 13.7 Å². The van der Waals surface area contributed by atoms with Crippen LogP contribution in [0.5, 0.6) is 11.5 Å². The second kappa shape index (κ2) is 9.21. The number of nitrogens with zero attached hydrogens (tertiary/aromatic N) is 1. The van der Waals surface area contributed by atoms with Gasteiger partial charge in [0.25, 0.3) is 5.56 Å². The molecule has 2 aromatic rings. The summed E-state index contributed by atoms with van der Waals surface area (Å²) in [7, 11) is 1.30. The summed E-state index contributed by atoms with van der Waals surface area (Å²) in [4.78, 5) is 24.1. The van der Waals surface area contributed by atoms with Crippen LogP contribution in [0.15, 0.2) is 35.3 Å². The van der Waals surface area contributed by atoms with Crippen LogP contribution in [0, 0.1) is 0 Å². The van der Waals surface area contributed by atoms with E-state index in [0.717, 1.165) is 10.6 Å². The Morgan fingerprint density at radius 2 is 1.90 bits per heavy atom. The number of hydrogen-bond acceptors (Lipinski definition) is 4. The topological polar surface area (TPSA) is 77.8 Å². The van der Waals surface area contributed by atoms with Gasteiger partial charge in [-0.25, -0.2) is 4.79 Å². The molecule has 1 N–H and O–H groups in total. The molecule has 10 heteroatoms. The van der Waals surface area contributed by atoms with Crippen molar-refractivity contribution in [3.63, 3.8) is 0 Å². The Labute approximate surface area is 169 Å². The maximum Gasteiger partial charge on any atom is 0.422 e. The zero-order valence-electron chi connectivity index (χ0n) is 15.6. The van der Waals surface area contributed by atoms with Gasteiger partial charge in [-0.15, -0.1) is 0 Å². The Morgan fingerprint density at radius 1 is 1.24 bits per heavy atom. The van der Waals surface area contributed by atoms with Crippen molar-refractivity contribution in [1.82, 2.24) is 4.57 Å². The van der Waals surface area contributed by atoms with E-state index in [0.29, 0.717) is 6.42 Å². The molecule has 6 nitrogen and oxygen atoms in total. The summed E-state index contributed by atoms with van der Waals surface area (Å²) in [6, 6.07) is 3.94. The number of alkyl halides is 3. The van der Waals surface area contributed by atoms with Gasteiger partial charge in [-0.05, 0) is 24.6 Å². The Bertz CT molecular complexity index is 942. The number of ether oxygens (including phenoxy) is 2. The van der Waals surface area contributed by atoms with Gasteiger partial charge in [0.05, 0.1) is 13.3 Å². The predicted octanol–water partition coefficient (Wildman–Crippen LogP) is 4.54. The number of carboxylic acid groups (broad SMARTS) is 1. The Hall–Kier alpha value is -2.68. The zero-order valence-corrected chi connectivity index (χ0v) is 16.4. The first-order valence-corrected chi connectivity index (χ1v) is 8.97. The van der Waals surface area contributed by atoms with Gasteiger partial charge in [0.15, 0.2) is 6.61 Å². The summed E-state index contributed by atoms with van der Waals surface area (Å²) in [6.45, 7) is 0.251. The van der Waals surface area contributed by atoms with Crippen molar-refractivity contribution in [3.8, 4) is 22.6 Å². The van der Waals surface area contributed by atoms with E-state index in [1.807, 2.05) is 0 Å². The lowest BCUT2D eigenvalue weighted by atomic mass is 10.0. The number of carbonyl (C=O) groups is 1. The third kappa shape index (κ3) is 5.66. The van der Waals surface area contributed by atoms with E-state index in [-0.39, 0.29) is 34.1 Å². The highest BCUT2D eigenvalue weighted by molar-refractivity contribution is 6.31. The van der Waals surface area contributed by atoms with E-state index < -0.39 is 30.4 Å². The van der Waals surface area contributed by atoms with Crippen molar-refractivity contribution in [2.24, 2.45) is 0 Å². The van der Waals surface area contributed by atoms with E-state index in [1.54, 1.807) is 6.92 Å². The average Bonchev–Trinajstić information content (AvgIpc) is 2.64. The minimum atomic E-state index is -4.56. The van der Waals surface area contributed by atoms with Crippen LogP contribution < -0.4 is 15.0 Å². The molecule has 0 aliphatic heterocycles. The standard InChI is InChI=1S/C19H19ClF3NO5/c1-3-4-14(18(26)27)24-9-16(28-2)13(8-17(24)25)12-7-11(20)5-6-15(12)29-10-19(21,22)23/h5-9,14H,3-4,10H2,1-2H3,(H,26,27). The highest BCUT2D eigenvalue weighted by Gasteiger charge is 2.29. The quantitative estimate of drug-likeness (QED) is 0.661. The molecule has 0 fully saturated rings. The molecule has 0 spiro atoms. The molecule has 0 amide bonds. The molecule has 0 aliphatic rings. The van der Waals surface area contributed by atoms with Crippen molar-refractivity contribution >= 4 is 17.6 Å².